The van der Waals surface area contributed by atoms with Gasteiger partial charge in [0, 0.05) is 31.7 Å². The Morgan fingerprint density at radius 3 is 2.32 bits per heavy atom. The Morgan fingerprint density at radius 2 is 1.68 bits per heavy atom. The summed E-state index contributed by atoms with van der Waals surface area (Å²) in [5, 5.41) is 8.74. The number of carbonyl (C=O) groups excluding carboxylic acids is 1. The average molecular weight is 420 g/mol. The Labute approximate surface area is 181 Å². The minimum atomic E-state index is -0.753. The maximum absolute atomic E-state index is 13.8. The Morgan fingerprint density at radius 1 is 0.968 bits per heavy atom. The van der Waals surface area contributed by atoms with Gasteiger partial charge in [0.15, 0.2) is 23.5 Å². The Kier molecular flexibility index (Phi) is 6.11. The van der Waals surface area contributed by atoms with E-state index in [1.54, 1.807) is 24.0 Å². The monoisotopic (exact) mass is 420 g/mol. The lowest BCUT2D eigenvalue weighted by atomic mass is 10.1. The fraction of sp³-hybridized carbons (Fsp3) is 0.292. The number of piperazine rings is 1. The number of rotatable bonds is 5. The number of carbonyl (C=O) groups is 1. The second-order valence-corrected chi connectivity index (χ2v) is 7.65. The minimum Gasteiger partial charge on any atom is -0.478 e. The molecule has 0 spiro atoms. The highest BCUT2D eigenvalue weighted by Crippen LogP contribution is 2.21. The Balaban J connectivity index is 1.33. The van der Waals surface area contributed by atoms with Crippen LogP contribution >= 0.6 is 0 Å². The van der Waals surface area contributed by atoms with Crippen LogP contribution in [-0.2, 0) is 4.79 Å². The van der Waals surface area contributed by atoms with Gasteiger partial charge in [-0.2, -0.15) is 0 Å². The van der Waals surface area contributed by atoms with Gasteiger partial charge in [-0.3, -0.25) is 4.79 Å². The largest absolute Gasteiger partial charge is 0.478 e. The predicted molar refractivity (Wildman–Crippen MR) is 117 cm³/mol. The normalized spacial score (nSPS) is 14.9. The number of amides is 1. The molecule has 0 saturated carbocycles. The van der Waals surface area contributed by atoms with E-state index in [1.807, 2.05) is 24.3 Å². The summed E-state index contributed by atoms with van der Waals surface area (Å²) in [6.45, 7) is 6.09. The molecule has 7 heteroatoms. The smallest absolute Gasteiger partial charge is 0.263 e. The van der Waals surface area contributed by atoms with Gasteiger partial charge in [-0.15, -0.1) is 10.2 Å². The van der Waals surface area contributed by atoms with Crippen LogP contribution in [0.25, 0.3) is 11.3 Å². The molecule has 1 amide bonds. The highest BCUT2D eigenvalue weighted by Gasteiger charge is 2.27. The molecule has 0 radical (unpaired) electrons. The molecule has 1 aromatic heterocycles. The molecule has 160 valence electrons. The number of ether oxygens (including phenoxy) is 1. The second-order valence-electron chi connectivity index (χ2n) is 7.65. The highest BCUT2D eigenvalue weighted by atomic mass is 19.1. The van der Waals surface area contributed by atoms with E-state index in [-0.39, 0.29) is 11.7 Å². The molecule has 0 bridgehead atoms. The summed E-state index contributed by atoms with van der Waals surface area (Å²) in [6.07, 6.45) is -0.753. The van der Waals surface area contributed by atoms with Crippen LogP contribution < -0.4 is 9.64 Å². The molecule has 1 aliphatic rings. The van der Waals surface area contributed by atoms with Crippen LogP contribution in [0.4, 0.5) is 10.2 Å². The predicted octanol–water partition coefficient (Wildman–Crippen LogP) is 3.71. The molecule has 2 aromatic carbocycles. The molecule has 4 rings (SSSR count). The van der Waals surface area contributed by atoms with Crippen LogP contribution in [-0.4, -0.2) is 53.3 Å². The van der Waals surface area contributed by atoms with Gasteiger partial charge in [0.25, 0.3) is 5.91 Å². The number of aromatic nitrogens is 2. The number of hydrogen-bond acceptors (Lipinski definition) is 5. The summed E-state index contributed by atoms with van der Waals surface area (Å²) in [5.41, 5.74) is 3.06. The highest BCUT2D eigenvalue weighted by molar-refractivity contribution is 5.81. The van der Waals surface area contributed by atoms with Crippen molar-refractivity contribution in [1.82, 2.24) is 15.1 Å². The van der Waals surface area contributed by atoms with Crippen LogP contribution in [0.1, 0.15) is 12.5 Å². The Bertz CT molecular complexity index is 1030. The van der Waals surface area contributed by atoms with E-state index in [1.165, 1.54) is 17.7 Å². The first-order valence-corrected chi connectivity index (χ1v) is 10.4. The molecule has 0 aliphatic carbocycles. The zero-order chi connectivity index (χ0) is 21.8. The van der Waals surface area contributed by atoms with Gasteiger partial charge in [-0.25, -0.2) is 4.39 Å². The number of hydrogen-bond donors (Lipinski definition) is 0. The molecular weight excluding hydrogens is 395 g/mol. The number of benzene rings is 2. The first kappa shape index (κ1) is 20.8. The first-order valence-electron chi connectivity index (χ1n) is 10.4. The van der Waals surface area contributed by atoms with Gasteiger partial charge in [-0.1, -0.05) is 42.0 Å². The third-order valence-corrected chi connectivity index (χ3v) is 5.40. The molecule has 1 aliphatic heterocycles. The molecule has 3 aromatic rings. The van der Waals surface area contributed by atoms with Crippen LogP contribution in [0.3, 0.4) is 0 Å². The van der Waals surface area contributed by atoms with Gasteiger partial charge >= 0.3 is 0 Å². The van der Waals surface area contributed by atoms with Crippen LogP contribution in [0, 0.1) is 12.7 Å². The summed E-state index contributed by atoms with van der Waals surface area (Å²) < 4.78 is 19.3. The van der Waals surface area contributed by atoms with E-state index in [0.717, 1.165) is 17.1 Å². The second kappa shape index (κ2) is 9.12. The molecule has 1 atom stereocenters. The first-order chi connectivity index (χ1) is 15.0. The molecule has 2 heterocycles. The van der Waals surface area contributed by atoms with E-state index in [2.05, 4.69) is 34.2 Å². The zero-order valence-corrected chi connectivity index (χ0v) is 17.7. The minimum absolute atomic E-state index is 0.0888. The molecule has 1 fully saturated rings. The lowest BCUT2D eigenvalue weighted by Crippen LogP contribution is -2.52. The van der Waals surface area contributed by atoms with E-state index < -0.39 is 11.9 Å². The van der Waals surface area contributed by atoms with Crippen LogP contribution in [0.5, 0.6) is 5.75 Å². The van der Waals surface area contributed by atoms with Gasteiger partial charge < -0.3 is 14.5 Å². The number of halogens is 1. The molecule has 0 N–H and O–H groups in total. The van der Waals surface area contributed by atoms with Crippen molar-refractivity contribution < 1.29 is 13.9 Å². The lowest BCUT2D eigenvalue weighted by Gasteiger charge is -2.36. The van der Waals surface area contributed by atoms with E-state index >= 15 is 0 Å². The quantitative estimate of drug-likeness (QED) is 0.630. The van der Waals surface area contributed by atoms with Crippen molar-refractivity contribution in [2.24, 2.45) is 0 Å². The van der Waals surface area contributed by atoms with E-state index in [4.69, 9.17) is 4.74 Å². The summed E-state index contributed by atoms with van der Waals surface area (Å²) in [4.78, 5) is 16.6. The molecule has 31 heavy (non-hydrogen) atoms. The van der Waals surface area contributed by atoms with Gasteiger partial charge in [0.05, 0.1) is 5.69 Å². The van der Waals surface area contributed by atoms with E-state index in [9.17, 15) is 9.18 Å². The summed E-state index contributed by atoms with van der Waals surface area (Å²) in [6, 6.07) is 18.2. The summed E-state index contributed by atoms with van der Waals surface area (Å²) in [5.74, 6) is 0.257. The third kappa shape index (κ3) is 4.82. The maximum Gasteiger partial charge on any atom is 0.263 e. The lowest BCUT2D eigenvalue weighted by molar-refractivity contribution is -0.138. The van der Waals surface area contributed by atoms with E-state index in [0.29, 0.717) is 26.2 Å². The molecule has 6 nitrogen and oxygen atoms in total. The number of aryl methyl sites for hydroxylation is 1. The van der Waals surface area contributed by atoms with Crippen molar-refractivity contribution >= 4 is 11.7 Å². The van der Waals surface area contributed by atoms with Gasteiger partial charge in [0.2, 0.25) is 0 Å². The third-order valence-electron chi connectivity index (χ3n) is 5.40. The molecule has 1 unspecified atom stereocenters. The topological polar surface area (TPSA) is 58.6 Å². The number of para-hydroxylation sites is 1. The zero-order valence-electron chi connectivity index (χ0n) is 17.7. The maximum atomic E-state index is 13.8. The molecule has 1 saturated heterocycles. The average Bonchev–Trinajstić information content (AvgIpc) is 2.81. The van der Waals surface area contributed by atoms with Gasteiger partial charge in [0.1, 0.15) is 0 Å². The van der Waals surface area contributed by atoms with Crippen molar-refractivity contribution in [3.8, 4) is 17.0 Å². The standard InChI is InChI=1S/C24H25FN4O2/c1-17-7-9-19(10-8-17)21-11-12-23(27-26-21)28-13-15-29(16-14-28)24(30)18(2)31-22-6-4-3-5-20(22)25/h3-12,18H,13-16H2,1-2H3. The van der Waals surface area contributed by atoms with Crippen molar-refractivity contribution in [1.29, 1.82) is 0 Å². The van der Waals surface area contributed by atoms with Crippen molar-refractivity contribution in [2.45, 2.75) is 20.0 Å². The number of anilines is 1. The fourth-order valence-electron chi connectivity index (χ4n) is 3.57. The fourth-order valence-corrected chi connectivity index (χ4v) is 3.57. The summed E-state index contributed by atoms with van der Waals surface area (Å²) in [7, 11) is 0. The van der Waals surface area contributed by atoms with Crippen LogP contribution in [0.15, 0.2) is 60.7 Å². The van der Waals surface area contributed by atoms with Crippen LogP contribution in [0.2, 0.25) is 0 Å². The van der Waals surface area contributed by atoms with Gasteiger partial charge in [-0.05, 0) is 38.1 Å². The summed E-state index contributed by atoms with van der Waals surface area (Å²) >= 11 is 0. The Hall–Kier alpha value is -3.48. The number of nitrogens with zero attached hydrogens (tertiary/aromatic N) is 4. The molecular formula is C24H25FN4O2. The SMILES string of the molecule is Cc1ccc(-c2ccc(N3CCN(C(=O)C(C)Oc4ccccc4F)CC3)nn2)cc1. The van der Waals surface area contributed by atoms with Crippen molar-refractivity contribution in [3.63, 3.8) is 0 Å². The van der Waals surface area contributed by atoms with Crippen molar-refractivity contribution in [3.05, 3.63) is 72.0 Å². The van der Waals surface area contributed by atoms with Crippen molar-refractivity contribution in [2.75, 3.05) is 31.1 Å².